The molecule has 3 aromatic rings. The number of nitrogens with zero attached hydrogens (tertiary/aromatic N) is 2. The lowest BCUT2D eigenvalue weighted by molar-refractivity contribution is -0.385. The topological polar surface area (TPSA) is 100 Å². The minimum Gasteiger partial charge on any atom is -0.493 e. The van der Waals surface area contributed by atoms with Crippen LogP contribution in [0.1, 0.15) is 22.3 Å². The molecular formula is C25H18BrFN2O6. The zero-order chi connectivity index (χ0) is 25.1. The number of aliphatic imine (C=N–C) groups is 1. The van der Waals surface area contributed by atoms with E-state index in [0.717, 1.165) is 0 Å². The number of benzene rings is 3. The van der Waals surface area contributed by atoms with Gasteiger partial charge in [0.25, 0.3) is 5.69 Å². The lowest BCUT2D eigenvalue weighted by Gasteiger charge is -2.13. The highest BCUT2D eigenvalue weighted by molar-refractivity contribution is 9.10. The van der Waals surface area contributed by atoms with Gasteiger partial charge in [0.2, 0.25) is 5.90 Å². The van der Waals surface area contributed by atoms with Gasteiger partial charge >= 0.3 is 5.97 Å². The first kappa shape index (κ1) is 24.1. The van der Waals surface area contributed by atoms with Crippen molar-refractivity contribution in [1.82, 2.24) is 0 Å². The van der Waals surface area contributed by atoms with Crippen molar-refractivity contribution in [3.8, 4) is 11.5 Å². The quantitative estimate of drug-likeness (QED) is 0.164. The van der Waals surface area contributed by atoms with Crippen LogP contribution in [0.2, 0.25) is 0 Å². The van der Waals surface area contributed by atoms with Crippen molar-refractivity contribution in [2.45, 2.75) is 13.5 Å². The summed E-state index contributed by atoms with van der Waals surface area (Å²) >= 11 is 3.45. The Labute approximate surface area is 207 Å². The maximum atomic E-state index is 13.4. The average molecular weight is 541 g/mol. The van der Waals surface area contributed by atoms with Crippen LogP contribution in [0.4, 0.5) is 10.1 Å². The molecule has 0 bridgehead atoms. The van der Waals surface area contributed by atoms with Crippen LogP contribution < -0.4 is 9.47 Å². The molecule has 0 radical (unpaired) electrons. The van der Waals surface area contributed by atoms with Gasteiger partial charge in [-0.3, -0.25) is 10.1 Å². The smallest absolute Gasteiger partial charge is 0.363 e. The number of aryl methyl sites for hydroxylation is 1. The SMILES string of the molecule is COc1cc(/C=C2\N=C(c3ccc([N+](=O)[O-])c(C)c3)OC2=O)cc(Br)c1OCc1cccc(F)c1. The van der Waals surface area contributed by atoms with E-state index in [-0.39, 0.29) is 29.7 Å². The van der Waals surface area contributed by atoms with Crippen molar-refractivity contribution in [2.75, 3.05) is 7.11 Å². The molecule has 1 aliphatic heterocycles. The molecule has 1 heterocycles. The standard InChI is InChI=1S/C25H18BrFN2O6/c1-14-8-17(6-7-21(14)29(31)32)24-28-20(25(30)35-24)11-16-10-19(26)23(22(12-16)33-2)34-13-15-4-3-5-18(27)9-15/h3-12H,13H2,1-2H3/b20-11-. The van der Waals surface area contributed by atoms with Gasteiger partial charge in [0, 0.05) is 17.2 Å². The monoisotopic (exact) mass is 540 g/mol. The first-order chi connectivity index (χ1) is 16.7. The van der Waals surface area contributed by atoms with Gasteiger partial charge < -0.3 is 14.2 Å². The summed E-state index contributed by atoms with van der Waals surface area (Å²) in [4.78, 5) is 27.2. The molecular weight excluding hydrogens is 523 g/mol. The van der Waals surface area contributed by atoms with E-state index in [4.69, 9.17) is 14.2 Å². The molecule has 8 nitrogen and oxygen atoms in total. The van der Waals surface area contributed by atoms with Crippen LogP contribution in [-0.2, 0) is 16.1 Å². The van der Waals surface area contributed by atoms with Gasteiger partial charge in [-0.25, -0.2) is 14.2 Å². The van der Waals surface area contributed by atoms with Gasteiger partial charge in [-0.05, 0) is 76.5 Å². The number of carbonyl (C=O) groups is 1. The van der Waals surface area contributed by atoms with E-state index in [1.54, 1.807) is 31.2 Å². The van der Waals surface area contributed by atoms with Crippen LogP contribution in [0, 0.1) is 22.9 Å². The molecule has 0 aromatic heterocycles. The van der Waals surface area contributed by atoms with Crippen molar-refractivity contribution in [1.29, 1.82) is 0 Å². The number of rotatable bonds is 7. The number of nitro benzene ring substituents is 1. The lowest BCUT2D eigenvalue weighted by Crippen LogP contribution is -2.06. The number of methoxy groups -OCH3 is 1. The average Bonchev–Trinajstić information content (AvgIpc) is 3.17. The third kappa shape index (κ3) is 5.38. The molecule has 0 unspecified atom stereocenters. The van der Waals surface area contributed by atoms with Gasteiger partial charge in [0.15, 0.2) is 17.2 Å². The Bertz CT molecular complexity index is 1400. The Morgan fingerprint density at radius 1 is 1.20 bits per heavy atom. The third-order valence-corrected chi connectivity index (χ3v) is 5.68. The molecule has 0 N–H and O–H groups in total. The minimum atomic E-state index is -0.655. The maximum Gasteiger partial charge on any atom is 0.363 e. The predicted octanol–water partition coefficient (Wildman–Crippen LogP) is 5.74. The zero-order valence-electron chi connectivity index (χ0n) is 18.6. The van der Waals surface area contributed by atoms with Crippen molar-refractivity contribution < 1.29 is 28.3 Å². The Morgan fingerprint density at radius 2 is 2.00 bits per heavy atom. The second-order valence-electron chi connectivity index (χ2n) is 7.55. The van der Waals surface area contributed by atoms with Crippen LogP contribution in [0.5, 0.6) is 11.5 Å². The summed E-state index contributed by atoms with van der Waals surface area (Å²) in [6, 6.07) is 13.8. The van der Waals surface area contributed by atoms with Crippen LogP contribution in [0.3, 0.4) is 0 Å². The molecule has 178 valence electrons. The lowest BCUT2D eigenvalue weighted by atomic mass is 10.1. The van der Waals surface area contributed by atoms with E-state index < -0.39 is 10.9 Å². The fourth-order valence-electron chi connectivity index (χ4n) is 3.43. The Hall–Kier alpha value is -4.05. The van der Waals surface area contributed by atoms with Gasteiger partial charge in [0.05, 0.1) is 16.5 Å². The summed E-state index contributed by atoms with van der Waals surface area (Å²) in [5, 5.41) is 11.0. The number of hydrogen-bond donors (Lipinski definition) is 0. The second kappa shape index (κ2) is 10.1. The van der Waals surface area contributed by atoms with E-state index >= 15 is 0 Å². The van der Waals surface area contributed by atoms with Crippen LogP contribution in [0.25, 0.3) is 6.08 Å². The van der Waals surface area contributed by atoms with Crippen LogP contribution in [0.15, 0.2) is 69.8 Å². The second-order valence-corrected chi connectivity index (χ2v) is 8.40. The zero-order valence-corrected chi connectivity index (χ0v) is 20.2. The number of hydrogen-bond acceptors (Lipinski definition) is 7. The van der Waals surface area contributed by atoms with Gasteiger partial charge in [-0.15, -0.1) is 0 Å². The first-order valence-electron chi connectivity index (χ1n) is 10.3. The highest BCUT2D eigenvalue weighted by atomic mass is 79.9. The molecule has 0 atom stereocenters. The summed E-state index contributed by atoms with van der Waals surface area (Å²) in [5.41, 5.74) is 2.13. The van der Waals surface area contributed by atoms with E-state index in [1.807, 2.05) is 0 Å². The molecule has 4 rings (SSSR count). The molecule has 1 aliphatic rings. The van der Waals surface area contributed by atoms with Gasteiger partial charge in [-0.2, -0.15) is 0 Å². The molecule has 0 amide bonds. The molecule has 0 saturated heterocycles. The number of nitro groups is 1. The van der Waals surface area contributed by atoms with Crippen molar-refractivity contribution in [3.05, 3.63) is 103 Å². The summed E-state index contributed by atoms with van der Waals surface area (Å²) in [5.74, 6) is -0.146. The minimum absolute atomic E-state index is 0.0360. The Kier molecular flexibility index (Phi) is 6.92. The molecule has 0 saturated carbocycles. The van der Waals surface area contributed by atoms with Gasteiger partial charge in [0.1, 0.15) is 12.4 Å². The van der Waals surface area contributed by atoms with Crippen molar-refractivity contribution in [3.63, 3.8) is 0 Å². The summed E-state index contributed by atoms with van der Waals surface area (Å²) < 4.78 is 30.5. The van der Waals surface area contributed by atoms with E-state index in [1.165, 1.54) is 43.5 Å². The highest BCUT2D eigenvalue weighted by Crippen LogP contribution is 2.38. The molecule has 35 heavy (non-hydrogen) atoms. The van der Waals surface area contributed by atoms with Crippen molar-refractivity contribution >= 4 is 39.6 Å². The molecule has 3 aromatic carbocycles. The molecule has 10 heteroatoms. The summed E-state index contributed by atoms with van der Waals surface area (Å²) in [6.07, 6.45) is 1.53. The number of carbonyl (C=O) groups excluding carboxylic acids is 1. The third-order valence-electron chi connectivity index (χ3n) is 5.09. The fourth-order valence-corrected chi connectivity index (χ4v) is 4.00. The highest BCUT2D eigenvalue weighted by Gasteiger charge is 2.25. The number of halogens is 2. The van der Waals surface area contributed by atoms with Crippen LogP contribution in [-0.4, -0.2) is 23.9 Å². The van der Waals surface area contributed by atoms with Gasteiger partial charge in [-0.1, -0.05) is 12.1 Å². The first-order valence-corrected chi connectivity index (χ1v) is 11.1. The Morgan fingerprint density at radius 3 is 2.69 bits per heavy atom. The Balaban J connectivity index is 1.59. The fraction of sp³-hybridized carbons (Fsp3) is 0.120. The molecule has 0 aliphatic carbocycles. The van der Waals surface area contributed by atoms with Crippen LogP contribution >= 0.6 is 15.9 Å². The maximum absolute atomic E-state index is 13.4. The largest absolute Gasteiger partial charge is 0.493 e. The van der Waals surface area contributed by atoms with Crippen molar-refractivity contribution in [2.24, 2.45) is 4.99 Å². The number of ether oxygens (including phenoxy) is 3. The summed E-state index contributed by atoms with van der Waals surface area (Å²) in [6.45, 7) is 1.72. The van der Waals surface area contributed by atoms with E-state index in [0.29, 0.717) is 38.2 Å². The van der Waals surface area contributed by atoms with E-state index in [2.05, 4.69) is 20.9 Å². The summed E-state index contributed by atoms with van der Waals surface area (Å²) in [7, 11) is 1.48. The number of esters is 1. The molecule has 0 fully saturated rings. The van der Waals surface area contributed by atoms with E-state index in [9.17, 15) is 19.3 Å². The predicted molar refractivity (Wildman–Crippen MR) is 130 cm³/mol. The molecule has 0 spiro atoms. The normalized spacial score (nSPS) is 14.0. The number of cyclic esters (lactones) is 1.